The average molecular weight is 349 g/mol. The van der Waals surface area contributed by atoms with E-state index < -0.39 is 24.1 Å². The van der Waals surface area contributed by atoms with E-state index in [9.17, 15) is 9.18 Å². The zero-order chi connectivity index (χ0) is 18.2. The lowest BCUT2D eigenvalue weighted by Gasteiger charge is -2.32. The van der Waals surface area contributed by atoms with Crippen LogP contribution < -0.4 is 5.46 Å². The van der Waals surface area contributed by atoms with Crippen molar-refractivity contribution in [2.75, 3.05) is 26.3 Å². The number of halogens is 1. The van der Waals surface area contributed by atoms with Crippen LogP contribution in [0.5, 0.6) is 0 Å². The van der Waals surface area contributed by atoms with E-state index in [1.54, 1.807) is 17.0 Å². The Morgan fingerprint density at radius 3 is 2.32 bits per heavy atom. The van der Waals surface area contributed by atoms with Crippen molar-refractivity contribution in [2.24, 2.45) is 0 Å². The third-order valence-corrected chi connectivity index (χ3v) is 5.31. The molecule has 0 unspecified atom stereocenters. The first kappa shape index (κ1) is 18.4. The summed E-state index contributed by atoms with van der Waals surface area (Å²) in [5.41, 5.74) is 0.0635. The summed E-state index contributed by atoms with van der Waals surface area (Å²) in [6, 6.07) is 4.82. The van der Waals surface area contributed by atoms with Gasteiger partial charge in [-0.2, -0.15) is 0 Å². The van der Waals surface area contributed by atoms with E-state index in [-0.39, 0.29) is 12.3 Å². The smallest absolute Gasteiger partial charge is 0.399 e. The highest BCUT2D eigenvalue weighted by atomic mass is 19.1. The molecule has 0 spiro atoms. The maximum atomic E-state index is 14.5. The molecule has 2 saturated heterocycles. The third-order valence-electron chi connectivity index (χ3n) is 5.31. The molecule has 2 aliphatic rings. The molecule has 0 radical (unpaired) electrons. The second-order valence-corrected chi connectivity index (χ2v) is 7.61. The van der Waals surface area contributed by atoms with Crippen LogP contribution in [0, 0.1) is 5.82 Å². The van der Waals surface area contributed by atoms with Crippen LogP contribution in [0.2, 0.25) is 0 Å². The molecule has 1 amide bonds. The number of ether oxygens (including phenoxy) is 1. The molecule has 2 aliphatic heterocycles. The molecule has 7 heteroatoms. The predicted molar refractivity (Wildman–Crippen MR) is 93.2 cm³/mol. The molecule has 2 fully saturated rings. The van der Waals surface area contributed by atoms with Gasteiger partial charge in [0.05, 0.1) is 30.8 Å². The summed E-state index contributed by atoms with van der Waals surface area (Å²) in [6.07, 6.45) is 0.0511. The van der Waals surface area contributed by atoms with Crippen molar-refractivity contribution < 1.29 is 23.2 Å². The third kappa shape index (κ3) is 3.73. The molecule has 0 aromatic heterocycles. The Bertz CT molecular complexity index is 642. The fourth-order valence-corrected chi connectivity index (χ4v) is 2.92. The highest BCUT2D eigenvalue weighted by molar-refractivity contribution is 6.62. The van der Waals surface area contributed by atoms with Crippen LogP contribution in [0.3, 0.4) is 0 Å². The van der Waals surface area contributed by atoms with E-state index in [0.29, 0.717) is 37.3 Å². The molecule has 0 bridgehead atoms. The molecular weight excluding hydrogens is 324 g/mol. The van der Waals surface area contributed by atoms with Crippen LogP contribution in [0.25, 0.3) is 0 Å². The zero-order valence-electron chi connectivity index (χ0n) is 15.3. The van der Waals surface area contributed by atoms with Crippen LogP contribution in [0.15, 0.2) is 18.2 Å². The van der Waals surface area contributed by atoms with Crippen LogP contribution >= 0.6 is 0 Å². The minimum Gasteiger partial charge on any atom is -0.399 e. The van der Waals surface area contributed by atoms with Crippen molar-refractivity contribution in [3.8, 4) is 0 Å². The van der Waals surface area contributed by atoms with Crippen LogP contribution in [-0.4, -0.2) is 55.4 Å². The van der Waals surface area contributed by atoms with Gasteiger partial charge in [-0.15, -0.1) is 0 Å². The fraction of sp³-hybridized carbons (Fsp3) is 0.611. The van der Waals surface area contributed by atoms with Gasteiger partial charge >= 0.3 is 7.12 Å². The van der Waals surface area contributed by atoms with Crippen LogP contribution in [0.1, 0.15) is 33.3 Å². The van der Waals surface area contributed by atoms with E-state index in [2.05, 4.69) is 0 Å². The number of benzene rings is 1. The van der Waals surface area contributed by atoms with Gasteiger partial charge in [-0.25, -0.2) is 4.39 Å². The predicted octanol–water partition coefficient (Wildman–Crippen LogP) is 1.53. The Labute approximate surface area is 148 Å². The van der Waals surface area contributed by atoms with Gasteiger partial charge in [-0.05, 0) is 44.8 Å². The monoisotopic (exact) mass is 349 g/mol. The second-order valence-electron chi connectivity index (χ2n) is 7.61. The van der Waals surface area contributed by atoms with Gasteiger partial charge in [0, 0.05) is 13.1 Å². The molecule has 1 aromatic rings. The molecular formula is C18H25BFNO4. The van der Waals surface area contributed by atoms with Gasteiger partial charge < -0.3 is 18.9 Å². The van der Waals surface area contributed by atoms with Crippen molar-refractivity contribution >= 4 is 18.5 Å². The number of rotatable bonds is 3. The van der Waals surface area contributed by atoms with Gasteiger partial charge in [0.15, 0.2) is 0 Å². The average Bonchev–Trinajstić information content (AvgIpc) is 2.78. The van der Waals surface area contributed by atoms with E-state index in [1.165, 1.54) is 6.07 Å². The van der Waals surface area contributed by atoms with Crippen molar-refractivity contribution in [1.82, 2.24) is 4.90 Å². The van der Waals surface area contributed by atoms with Crippen LogP contribution in [0.4, 0.5) is 4.39 Å². The number of nitrogens with zero attached hydrogens (tertiary/aromatic N) is 1. The number of hydrogen-bond donors (Lipinski definition) is 0. The summed E-state index contributed by atoms with van der Waals surface area (Å²) in [5.74, 6) is -0.487. The summed E-state index contributed by atoms with van der Waals surface area (Å²) >= 11 is 0. The zero-order valence-corrected chi connectivity index (χ0v) is 15.3. The minimum atomic E-state index is -0.608. The topological polar surface area (TPSA) is 48.0 Å². The van der Waals surface area contributed by atoms with E-state index in [4.69, 9.17) is 14.0 Å². The van der Waals surface area contributed by atoms with E-state index in [1.807, 2.05) is 27.7 Å². The molecule has 25 heavy (non-hydrogen) atoms. The normalized spacial score (nSPS) is 22.3. The van der Waals surface area contributed by atoms with Crippen molar-refractivity contribution in [1.29, 1.82) is 0 Å². The quantitative estimate of drug-likeness (QED) is 0.777. The largest absolute Gasteiger partial charge is 0.494 e. The van der Waals surface area contributed by atoms with Crippen molar-refractivity contribution in [3.05, 3.63) is 29.6 Å². The summed E-state index contributed by atoms with van der Waals surface area (Å²) in [7, 11) is -0.608. The van der Waals surface area contributed by atoms with Gasteiger partial charge in [0.25, 0.3) is 0 Å². The first-order chi connectivity index (χ1) is 11.7. The number of amides is 1. The highest BCUT2D eigenvalue weighted by Gasteiger charge is 2.51. The van der Waals surface area contributed by atoms with Gasteiger partial charge in [0.1, 0.15) is 5.82 Å². The van der Waals surface area contributed by atoms with Gasteiger partial charge in [-0.1, -0.05) is 12.1 Å². The molecule has 2 heterocycles. The minimum absolute atomic E-state index is 0.0511. The Morgan fingerprint density at radius 1 is 1.16 bits per heavy atom. The van der Waals surface area contributed by atoms with Gasteiger partial charge in [-0.3, -0.25) is 4.79 Å². The second kappa shape index (κ2) is 6.70. The fourth-order valence-electron chi connectivity index (χ4n) is 2.92. The number of morpholine rings is 1. The Morgan fingerprint density at radius 2 is 1.76 bits per heavy atom. The lowest BCUT2D eigenvalue weighted by atomic mass is 9.78. The number of carbonyl (C=O) groups excluding carboxylic acids is 1. The van der Waals surface area contributed by atoms with Gasteiger partial charge in [0.2, 0.25) is 5.91 Å². The standard InChI is InChI=1S/C18H25BFNO4/c1-17(2)18(3,4)25-19(24-17)14-6-5-13(15(20)12-14)11-16(22)21-7-9-23-10-8-21/h5-6,12H,7-11H2,1-4H3. The molecule has 1 aromatic carbocycles. The number of carbonyl (C=O) groups is 1. The Kier molecular flexibility index (Phi) is 4.92. The maximum absolute atomic E-state index is 14.5. The molecule has 0 atom stereocenters. The first-order valence-corrected chi connectivity index (χ1v) is 8.69. The molecule has 136 valence electrons. The first-order valence-electron chi connectivity index (χ1n) is 8.69. The Balaban J connectivity index is 1.70. The summed E-state index contributed by atoms with van der Waals surface area (Å²) in [6.45, 7) is 10.0. The number of hydrogen-bond acceptors (Lipinski definition) is 4. The molecule has 5 nitrogen and oxygen atoms in total. The molecule has 0 N–H and O–H groups in total. The molecule has 3 rings (SSSR count). The lowest BCUT2D eigenvalue weighted by Crippen LogP contribution is -2.41. The lowest BCUT2D eigenvalue weighted by molar-refractivity contribution is -0.134. The SMILES string of the molecule is CC1(C)OB(c2ccc(CC(=O)N3CCOCC3)c(F)c2)OC1(C)C. The van der Waals surface area contributed by atoms with Crippen molar-refractivity contribution in [2.45, 2.75) is 45.3 Å². The molecule has 0 saturated carbocycles. The van der Waals surface area contributed by atoms with E-state index in [0.717, 1.165) is 0 Å². The summed E-state index contributed by atoms with van der Waals surface area (Å²) < 4.78 is 31.6. The Hall–Kier alpha value is -1.44. The highest BCUT2D eigenvalue weighted by Crippen LogP contribution is 2.36. The van der Waals surface area contributed by atoms with Crippen LogP contribution in [-0.2, 0) is 25.3 Å². The van der Waals surface area contributed by atoms with Crippen molar-refractivity contribution in [3.63, 3.8) is 0 Å². The van der Waals surface area contributed by atoms with E-state index >= 15 is 0 Å². The summed E-state index contributed by atoms with van der Waals surface area (Å²) in [4.78, 5) is 14.0. The summed E-state index contributed by atoms with van der Waals surface area (Å²) in [5, 5.41) is 0. The molecule has 0 aliphatic carbocycles. The maximum Gasteiger partial charge on any atom is 0.494 e.